The van der Waals surface area contributed by atoms with Crippen LogP contribution in [-0.2, 0) is 9.53 Å². The highest BCUT2D eigenvalue weighted by molar-refractivity contribution is 9.09. The molecule has 1 saturated carbocycles. The summed E-state index contributed by atoms with van der Waals surface area (Å²) < 4.78 is 5.06. The fourth-order valence-corrected chi connectivity index (χ4v) is 3.46. The van der Waals surface area contributed by atoms with Crippen molar-refractivity contribution in [3.63, 3.8) is 0 Å². The number of ether oxygens (including phenoxy) is 1. The van der Waals surface area contributed by atoms with Crippen LogP contribution < -0.4 is 5.32 Å². The molecule has 1 amide bonds. The Kier molecular flexibility index (Phi) is 9.53. The molecule has 0 radical (unpaired) electrons. The quantitative estimate of drug-likeness (QED) is 0.642. The molecule has 1 aliphatic rings. The van der Waals surface area contributed by atoms with E-state index in [9.17, 15) is 4.79 Å². The third-order valence-corrected chi connectivity index (χ3v) is 5.01. The summed E-state index contributed by atoms with van der Waals surface area (Å²) in [7, 11) is 1.70. The van der Waals surface area contributed by atoms with Crippen molar-refractivity contribution >= 4 is 21.8 Å². The van der Waals surface area contributed by atoms with Crippen molar-refractivity contribution in [2.24, 2.45) is 11.8 Å². The Morgan fingerprint density at radius 3 is 2.65 bits per heavy atom. The molecule has 0 aromatic heterocycles. The minimum atomic E-state index is 0.254. The molecule has 0 heterocycles. The molecule has 0 aliphatic heterocycles. The second-order valence-electron chi connectivity index (χ2n) is 5.99. The van der Waals surface area contributed by atoms with E-state index in [1.54, 1.807) is 7.11 Å². The van der Waals surface area contributed by atoms with Gasteiger partial charge in [-0.05, 0) is 38.0 Å². The highest BCUT2D eigenvalue weighted by atomic mass is 79.9. The largest absolute Gasteiger partial charge is 0.384 e. The molecule has 0 aromatic rings. The van der Waals surface area contributed by atoms with Crippen LogP contribution in [0.2, 0.25) is 0 Å². The Morgan fingerprint density at radius 2 is 2.05 bits per heavy atom. The molecule has 0 spiro atoms. The van der Waals surface area contributed by atoms with Crippen molar-refractivity contribution in [3.05, 3.63) is 0 Å². The van der Waals surface area contributed by atoms with Crippen molar-refractivity contribution < 1.29 is 9.53 Å². The first-order valence-electron chi connectivity index (χ1n) is 8.08. The van der Waals surface area contributed by atoms with E-state index in [0.717, 1.165) is 31.7 Å². The van der Waals surface area contributed by atoms with Crippen LogP contribution in [0.3, 0.4) is 0 Å². The maximum Gasteiger partial charge on any atom is 0.223 e. The van der Waals surface area contributed by atoms with Gasteiger partial charge in [-0.15, -0.1) is 0 Å². The SMILES string of the molecule is CCCCC1CCC(C(=O)NCCC(Br)COC)CC1. The average Bonchev–Trinajstić information content (AvgIpc) is 2.46. The summed E-state index contributed by atoms with van der Waals surface area (Å²) in [6, 6.07) is 0. The maximum atomic E-state index is 12.1. The number of carbonyl (C=O) groups is 1. The highest BCUT2D eigenvalue weighted by Crippen LogP contribution is 2.31. The summed E-state index contributed by atoms with van der Waals surface area (Å²) in [5.74, 6) is 1.38. The van der Waals surface area contributed by atoms with E-state index in [0.29, 0.717) is 11.4 Å². The molecule has 1 aliphatic carbocycles. The van der Waals surface area contributed by atoms with Gasteiger partial charge in [-0.1, -0.05) is 42.1 Å². The number of methoxy groups -OCH3 is 1. The predicted octanol–water partition coefficient (Wildman–Crippen LogP) is 3.90. The molecule has 1 rings (SSSR count). The van der Waals surface area contributed by atoms with E-state index in [1.165, 1.54) is 32.1 Å². The molecule has 3 nitrogen and oxygen atoms in total. The van der Waals surface area contributed by atoms with Crippen LogP contribution >= 0.6 is 15.9 Å². The number of rotatable bonds is 9. The minimum Gasteiger partial charge on any atom is -0.384 e. The van der Waals surface area contributed by atoms with Gasteiger partial charge in [0.05, 0.1) is 6.61 Å². The van der Waals surface area contributed by atoms with Crippen LogP contribution in [0.1, 0.15) is 58.3 Å². The summed E-state index contributed by atoms with van der Waals surface area (Å²) in [6.45, 7) is 3.69. The van der Waals surface area contributed by atoms with E-state index < -0.39 is 0 Å². The Bertz CT molecular complexity index is 265. The normalized spacial score (nSPS) is 24.4. The number of amides is 1. The van der Waals surface area contributed by atoms with Gasteiger partial charge in [0.15, 0.2) is 0 Å². The van der Waals surface area contributed by atoms with E-state index in [-0.39, 0.29) is 11.8 Å². The number of hydrogen-bond donors (Lipinski definition) is 1. The third kappa shape index (κ3) is 7.07. The first kappa shape index (κ1) is 18.0. The van der Waals surface area contributed by atoms with Crippen LogP contribution in [0, 0.1) is 11.8 Å². The van der Waals surface area contributed by atoms with Gasteiger partial charge in [0.25, 0.3) is 0 Å². The Labute approximate surface area is 132 Å². The number of hydrogen-bond acceptors (Lipinski definition) is 2. The van der Waals surface area contributed by atoms with Gasteiger partial charge in [-0.3, -0.25) is 4.79 Å². The lowest BCUT2D eigenvalue weighted by Crippen LogP contribution is -2.34. The van der Waals surface area contributed by atoms with Gasteiger partial charge in [0.2, 0.25) is 5.91 Å². The number of unbranched alkanes of at least 4 members (excludes halogenated alkanes) is 1. The van der Waals surface area contributed by atoms with Gasteiger partial charge in [0, 0.05) is 24.4 Å². The van der Waals surface area contributed by atoms with Gasteiger partial charge < -0.3 is 10.1 Å². The van der Waals surface area contributed by atoms with Gasteiger partial charge >= 0.3 is 0 Å². The maximum absolute atomic E-state index is 12.1. The predicted molar refractivity (Wildman–Crippen MR) is 87.2 cm³/mol. The van der Waals surface area contributed by atoms with Crippen molar-refractivity contribution in [2.75, 3.05) is 20.3 Å². The van der Waals surface area contributed by atoms with Crippen molar-refractivity contribution in [1.29, 1.82) is 0 Å². The lowest BCUT2D eigenvalue weighted by atomic mass is 9.79. The van der Waals surface area contributed by atoms with Gasteiger partial charge in [-0.25, -0.2) is 0 Å². The fourth-order valence-electron chi connectivity index (χ4n) is 2.97. The third-order valence-electron chi connectivity index (χ3n) is 4.29. The van der Waals surface area contributed by atoms with E-state index in [1.807, 2.05) is 0 Å². The summed E-state index contributed by atoms with van der Waals surface area (Å²) in [5.41, 5.74) is 0. The average molecular weight is 348 g/mol. The minimum absolute atomic E-state index is 0.254. The molecule has 4 heteroatoms. The van der Waals surface area contributed by atoms with Crippen LogP contribution in [0.25, 0.3) is 0 Å². The van der Waals surface area contributed by atoms with E-state index in [4.69, 9.17) is 4.74 Å². The number of carbonyl (C=O) groups excluding carboxylic acids is 1. The van der Waals surface area contributed by atoms with Crippen molar-refractivity contribution in [2.45, 2.75) is 63.1 Å². The molecule has 0 saturated heterocycles. The number of halogens is 1. The molecule has 0 bridgehead atoms. The lowest BCUT2D eigenvalue weighted by molar-refractivity contribution is -0.126. The first-order valence-corrected chi connectivity index (χ1v) is 8.99. The summed E-state index contributed by atoms with van der Waals surface area (Å²) >= 11 is 3.54. The molecule has 1 atom stereocenters. The molecule has 1 N–H and O–H groups in total. The summed E-state index contributed by atoms with van der Waals surface area (Å²) in [6.07, 6.45) is 9.54. The van der Waals surface area contributed by atoms with Crippen LogP contribution in [0.15, 0.2) is 0 Å². The van der Waals surface area contributed by atoms with Crippen LogP contribution in [0.5, 0.6) is 0 Å². The van der Waals surface area contributed by atoms with Crippen LogP contribution in [-0.4, -0.2) is 31.0 Å². The zero-order chi connectivity index (χ0) is 14.8. The molecule has 118 valence electrons. The number of nitrogens with one attached hydrogen (secondary N) is 1. The Balaban J connectivity index is 2.13. The zero-order valence-corrected chi connectivity index (χ0v) is 14.6. The second kappa shape index (κ2) is 10.6. The van der Waals surface area contributed by atoms with Gasteiger partial charge in [0.1, 0.15) is 0 Å². The highest BCUT2D eigenvalue weighted by Gasteiger charge is 2.25. The molecule has 0 aromatic carbocycles. The molecule has 1 fully saturated rings. The lowest BCUT2D eigenvalue weighted by Gasteiger charge is -2.27. The molecule has 1 unspecified atom stereocenters. The topological polar surface area (TPSA) is 38.3 Å². The number of alkyl halides is 1. The van der Waals surface area contributed by atoms with Crippen LogP contribution in [0.4, 0.5) is 0 Å². The first-order chi connectivity index (χ1) is 9.67. The second-order valence-corrected chi connectivity index (χ2v) is 7.29. The molecular formula is C16H30BrNO2. The summed E-state index contributed by atoms with van der Waals surface area (Å²) in [5, 5.41) is 3.08. The van der Waals surface area contributed by atoms with E-state index in [2.05, 4.69) is 28.2 Å². The van der Waals surface area contributed by atoms with Crippen molar-refractivity contribution in [1.82, 2.24) is 5.32 Å². The standard InChI is InChI=1S/C16H30BrNO2/c1-3-4-5-13-6-8-14(9-7-13)16(19)18-11-10-15(17)12-20-2/h13-15H,3-12H2,1-2H3,(H,18,19). The monoisotopic (exact) mass is 347 g/mol. The van der Waals surface area contributed by atoms with Gasteiger partial charge in [-0.2, -0.15) is 0 Å². The molecule has 20 heavy (non-hydrogen) atoms. The summed E-state index contributed by atoms with van der Waals surface area (Å²) in [4.78, 5) is 12.4. The Hall–Kier alpha value is -0.0900. The molecular weight excluding hydrogens is 318 g/mol. The zero-order valence-electron chi connectivity index (χ0n) is 13.0. The fraction of sp³-hybridized carbons (Fsp3) is 0.938. The van der Waals surface area contributed by atoms with Crippen molar-refractivity contribution in [3.8, 4) is 0 Å². The smallest absolute Gasteiger partial charge is 0.223 e. The van der Waals surface area contributed by atoms with E-state index >= 15 is 0 Å². The Morgan fingerprint density at radius 1 is 1.35 bits per heavy atom.